The fourth-order valence-corrected chi connectivity index (χ4v) is 2.61. The van der Waals surface area contributed by atoms with Crippen LogP contribution in [0.4, 0.5) is 5.69 Å². The van der Waals surface area contributed by atoms with Crippen molar-refractivity contribution in [2.24, 2.45) is 0 Å². The van der Waals surface area contributed by atoms with Crippen molar-refractivity contribution in [3.05, 3.63) is 66.8 Å². The molecule has 1 N–H and O–H groups in total. The van der Waals surface area contributed by atoms with Crippen molar-refractivity contribution in [1.82, 2.24) is 0 Å². The molecule has 0 saturated heterocycles. The number of phenols is 1. The summed E-state index contributed by atoms with van der Waals surface area (Å²) in [6, 6.07) is 11.5. The number of hydrogen-bond acceptors (Lipinski definition) is 6. The number of hydrogen-bond donors (Lipinski definition) is 1. The zero-order valence-corrected chi connectivity index (χ0v) is 17.2. The van der Waals surface area contributed by atoms with Gasteiger partial charge in [-0.3, -0.25) is 9.59 Å². The number of imide groups is 1. The summed E-state index contributed by atoms with van der Waals surface area (Å²) < 4.78 is 16.1. The summed E-state index contributed by atoms with van der Waals surface area (Å²) in [6.07, 6.45) is 3.91. The van der Waals surface area contributed by atoms with Crippen LogP contribution in [-0.4, -0.2) is 36.9 Å². The van der Waals surface area contributed by atoms with Gasteiger partial charge in [-0.2, -0.15) is 0 Å². The first kappa shape index (κ1) is 22.7. The predicted octanol–water partition coefficient (Wildman–Crippen LogP) is 3.92. The van der Waals surface area contributed by atoms with E-state index in [4.69, 9.17) is 19.3 Å². The molecule has 0 bridgehead atoms. The van der Waals surface area contributed by atoms with Gasteiger partial charge in [0.1, 0.15) is 5.75 Å². The topological polar surface area (TPSA) is 85.3 Å². The lowest BCUT2D eigenvalue weighted by molar-refractivity contribution is -0.119. The van der Waals surface area contributed by atoms with Crippen LogP contribution in [0.5, 0.6) is 17.2 Å². The van der Waals surface area contributed by atoms with Gasteiger partial charge in [0.2, 0.25) is 0 Å². The fourth-order valence-electron chi connectivity index (χ4n) is 2.61. The zero-order chi connectivity index (χ0) is 22.1. The third-order valence-electron chi connectivity index (χ3n) is 4.03. The molecule has 0 aliphatic carbocycles. The highest BCUT2D eigenvalue weighted by atomic mass is 16.7. The van der Waals surface area contributed by atoms with E-state index in [9.17, 15) is 9.59 Å². The van der Waals surface area contributed by atoms with Crippen molar-refractivity contribution in [2.45, 2.75) is 20.1 Å². The van der Waals surface area contributed by atoms with Crippen molar-refractivity contribution >= 4 is 23.6 Å². The molecule has 1 heterocycles. The van der Waals surface area contributed by atoms with Crippen molar-refractivity contribution in [1.29, 1.82) is 0 Å². The fraction of sp³-hybridized carbons (Fsp3) is 0.217. The standard InChI is InChI=1S/C13H18O3.C10H7NO3/c1-5-11-7-8-12(13(9-11)14-4)16-10(3)15-6-2;12-8-3-1-7(2-4-8)11-9(13)5-6-10(11)14/h5,7-10H,1,6H2,2-4H3;1-6,12H. The Morgan fingerprint density at radius 2 is 1.70 bits per heavy atom. The van der Waals surface area contributed by atoms with Crippen LogP contribution >= 0.6 is 0 Å². The summed E-state index contributed by atoms with van der Waals surface area (Å²) in [6.45, 7) is 8.10. The largest absolute Gasteiger partial charge is 0.508 e. The van der Waals surface area contributed by atoms with Crippen LogP contribution in [0.1, 0.15) is 19.4 Å². The van der Waals surface area contributed by atoms with Gasteiger partial charge >= 0.3 is 0 Å². The van der Waals surface area contributed by atoms with Crippen molar-refractivity contribution in [2.75, 3.05) is 18.6 Å². The van der Waals surface area contributed by atoms with E-state index in [0.29, 0.717) is 23.8 Å². The Balaban J connectivity index is 0.000000215. The Morgan fingerprint density at radius 1 is 1.07 bits per heavy atom. The highest BCUT2D eigenvalue weighted by Gasteiger charge is 2.24. The first-order chi connectivity index (χ1) is 14.4. The molecule has 0 saturated carbocycles. The van der Waals surface area contributed by atoms with Crippen LogP contribution < -0.4 is 14.4 Å². The van der Waals surface area contributed by atoms with E-state index in [2.05, 4.69) is 6.58 Å². The van der Waals surface area contributed by atoms with Crippen LogP contribution in [0.15, 0.2) is 61.2 Å². The Morgan fingerprint density at radius 3 is 2.23 bits per heavy atom. The van der Waals surface area contributed by atoms with Gasteiger partial charge in [0.05, 0.1) is 12.8 Å². The van der Waals surface area contributed by atoms with Gasteiger partial charge in [-0.1, -0.05) is 18.7 Å². The van der Waals surface area contributed by atoms with E-state index in [0.717, 1.165) is 10.5 Å². The number of nitrogens with zero attached hydrogens (tertiary/aromatic N) is 1. The maximum absolute atomic E-state index is 11.2. The number of amides is 2. The van der Waals surface area contributed by atoms with Gasteiger partial charge < -0.3 is 19.3 Å². The minimum atomic E-state index is -0.360. The molecular formula is C23H25NO6. The average Bonchev–Trinajstić information content (AvgIpc) is 3.08. The lowest BCUT2D eigenvalue weighted by atomic mass is 10.2. The molecule has 0 fully saturated rings. The van der Waals surface area contributed by atoms with E-state index in [1.54, 1.807) is 13.2 Å². The highest BCUT2D eigenvalue weighted by molar-refractivity contribution is 6.28. The molecule has 3 rings (SSSR count). The molecule has 2 aromatic carbocycles. The number of rotatable bonds is 7. The van der Waals surface area contributed by atoms with Crippen molar-refractivity contribution in [3.8, 4) is 17.2 Å². The van der Waals surface area contributed by atoms with Crippen LogP contribution in [0.2, 0.25) is 0 Å². The summed E-state index contributed by atoms with van der Waals surface area (Å²) in [7, 11) is 1.61. The first-order valence-corrected chi connectivity index (χ1v) is 9.33. The van der Waals surface area contributed by atoms with E-state index < -0.39 is 0 Å². The third-order valence-corrected chi connectivity index (χ3v) is 4.03. The number of carbonyl (C=O) groups excluding carboxylic acids is 2. The molecular weight excluding hydrogens is 386 g/mol. The van der Waals surface area contributed by atoms with E-state index in [1.165, 1.54) is 36.4 Å². The maximum atomic E-state index is 11.2. The number of benzene rings is 2. The quantitative estimate of drug-likeness (QED) is 0.549. The summed E-state index contributed by atoms with van der Waals surface area (Å²) in [4.78, 5) is 23.5. The normalized spacial score (nSPS) is 13.5. The second-order valence-electron chi connectivity index (χ2n) is 6.12. The Labute approximate surface area is 175 Å². The van der Waals surface area contributed by atoms with Crippen molar-refractivity contribution < 1.29 is 28.9 Å². The second-order valence-corrected chi connectivity index (χ2v) is 6.12. The molecule has 7 heteroatoms. The number of carbonyl (C=O) groups is 2. The zero-order valence-electron chi connectivity index (χ0n) is 17.2. The minimum absolute atomic E-state index is 0.0980. The number of anilines is 1. The van der Waals surface area contributed by atoms with Gasteiger partial charge in [0, 0.05) is 18.8 Å². The molecule has 1 unspecified atom stereocenters. The van der Waals surface area contributed by atoms with Crippen LogP contribution in [0.3, 0.4) is 0 Å². The van der Waals surface area contributed by atoms with Gasteiger partial charge in [0.15, 0.2) is 17.8 Å². The van der Waals surface area contributed by atoms with Gasteiger partial charge in [-0.05, 0) is 55.8 Å². The molecule has 0 radical (unpaired) electrons. The second kappa shape index (κ2) is 10.8. The molecule has 1 aliphatic heterocycles. The maximum Gasteiger partial charge on any atom is 0.258 e. The van der Waals surface area contributed by atoms with Crippen LogP contribution in [-0.2, 0) is 14.3 Å². The Hall–Kier alpha value is -3.58. The number of ether oxygens (including phenoxy) is 3. The Kier molecular flexibility index (Phi) is 8.19. The molecule has 1 aliphatic rings. The number of phenolic OH excluding ortho intramolecular Hbond substituents is 1. The van der Waals surface area contributed by atoms with Gasteiger partial charge in [-0.15, -0.1) is 0 Å². The summed E-state index contributed by atoms with van der Waals surface area (Å²) in [5.41, 5.74) is 1.45. The molecule has 2 amide bonds. The number of aromatic hydroxyl groups is 1. The van der Waals surface area contributed by atoms with E-state index >= 15 is 0 Å². The lowest BCUT2D eigenvalue weighted by Crippen LogP contribution is -2.29. The van der Waals surface area contributed by atoms with E-state index in [1.807, 2.05) is 32.0 Å². The van der Waals surface area contributed by atoms with Crippen LogP contribution in [0.25, 0.3) is 6.08 Å². The highest BCUT2D eigenvalue weighted by Crippen LogP contribution is 2.29. The summed E-state index contributed by atoms with van der Waals surface area (Å²) in [5.74, 6) is 0.736. The minimum Gasteiger partial charge on any atom is -0.508 e. The average molecular weight is 411 g/mol. The molecule has 7 nitrogen and oxygen atoms in total. The molecule has 30 heavy (non-hydrogen) atoms. The third kappa shape index (κ3) is 5.96. The van der Waals surface area contributed by atoms with Crippen LogP contribution in [0, 0.1) is 0 Å². The van der Waals surface area contributed by atoms with E-state index in [-0.39, 0.29) is 23.9 Å². The Bertz CT molecular complexity index is 902. The van der Waals surface area contributed by atoms with Crippen molar-refractivity contribution in [3.63, 3.8) is 0 Å². The smallest absolute Gasteiger partial charge is 0.258 e. The first-order valence-electron chi connectivity index (χ1n) is 9.33. The van der Waals surface area contributed by atoms with Gasteiger partial charge in [-0.25, -0.2) is 4.90 Å². The molecule has 158 valence electrons. The summed E-state index contributed by atoms with van der Waals surface area (Å²) >= 11 is 0. The lowest BCUT2D eigenvalue weighted by Gasteiger charge is -2.16. The predicted molar refractivity (Wildman–Crippen MR) is 115 cm³/mol. The summed E-state index contributed by atoms with van der Waals surface area (Å²) in [5, 5.41) is 9.03. The SMILES string of the molecule is C=Cc1ccc(OC(C)OCC)c(OC)c1.O=C1C=CC(=O)N1c1ccc(O)cc1. The molecule has 1 atom stereocenters. The molecule has 0 spiro atoms. The monoisotopic (exact) mass is 411 g/mol. The number of methoxy groups -OCH3 is 1. The molecule has 0 aromatic heterocycles. The molecule has 2 aromatic rings. The van der Waals surface area contributed by atoms with Gasteiger partial charge in [0.25, 0.3) is 11.8 Å².